The summed E-state index contributed by atoms with van der Waals surface area (Å²) in [5, 5.41) is 1.75. The van der Waals surface area contributed by atoms with Crippen LogP contribution in [-0.2, 0) is 0 Å². The summed E-state index contributed by atoms with van der Waals surface area (Å²) >= 11 is 0. The molecule has 0 nitrogen and oxygen atoms in total. The normalized spacial score (nSPS) is 18.4. The summed E-state index contributed by atoms with van der Waals surface area (Å²) in [7, 11) is 3.33. The van der Waals surface area contributed by atoms with Crippen molar-refractivity contribution in [3.8, 4) is 0 Å². The van der Waals surface area contributed by atoms with Crippen molar-refractivity contribution in [2.24, 2.45) is 17.3 Å². The van der Waals surface area contributed by atoms with Gasteiger partial charge in [-0.2, -0.15) is 0 Å². The fourth-order valence-electron chi connectivity index (χ4n) is 7.37. The predicted molar refractivity (Wildman–Crippen MR) is 159 cm³/mol. The first-order valence-corrected chi connectivity index (χ1v) is 16.7. The van der Waals surface area contributed by atoms with Gasteiger partial charge in [-0.05, 0) is 75.0 Å². The second kappa shape index (κ2) is 18.4. The van der Waals surface area contributed by atoms with E-state index in [0.717, 1.165) is 11.8 Å². The Kier molecular flexibility index (Phi) is 16.5. The van der Waals surface area contributed by atoms with E-state index in [1.54, 1.807) is 5.31 Å². The van der Waals surface area contributed by atoms with Crippen LogP contribution in [0.15, 0.2) is 10.9 Å². The van der Waals surface area contributed by atoms with E-state index in [1.807, 2.05) is 5.57 Å². The van der Waals surface area contributed by atoms with Gasteiger partial charge in [0.1, 0.15) is 0 Å². The van der Waals surface area contributed by atoms with Crippen LogP contribution in [0.4, 0.5) is 0 Å². The molecule has 0 aromatic carbocycles. The van der Waals surface area contributed by atoms with Crippen molar-refractivity contribution in [3.05, 3.63) is 10.9 Å². The van der Waals surface area contributed by atoms with Crippen molar-refractivity contribution in [2.75, 3.05) is 0 Å². The van der Waals surface area contributed by atoms with E-state index in [2.05, 4.69) is 30.0 Å². The summed E-state index contributed by atoms with van der Waals surface area (Å²) in [6, 6.07) is 0. The van der Waals surface area contributed by atoms with E-state index in [-0.39, 0.29) is 0 Å². The number of hydrogen-bond acceptors (Lipinski definition) is 0. The third kappa shape index (κ3) is 11.1. The van der Waals surface area contributed by atoms with Crippen molar-refractivity contribution < 1.29 is 0 Å². The Morgan fingerprint density at radius 2 is 0.971 bits per heavy atom. The zero-order valence-electron chi connectivity index (χ0n) is 23.9. The average molecular weight is 491 g/mol. The molecule has 0 aromatic rings. The maximum atomic E-state index is 3.33. The molecular formula is C33H63P. The van der Waals surface area contributed by atoms with Crippen molar-refractivity contribution in [2.45, 2.75) is 181 Å². The number of allylic oxidation sites excluding steroid dienone is 2. The lowest BCUT2D eigenvalue weighted by molar-refractivity contribution is 0.0417. The molecule has 1 unspecified atom stereocenters. The van der Waals surface area contributed by atoms with Crippen LogP contribution < -0.4 is 0 Å². The van der Waals surface area contributed by atoms with Crippen molar-refractivity contribution >= 4 is 9.24 Å². The van der Waals surface area contributed by atoms with Gasteiger partial charge in [-0.1, -0.05) is 134 Å². The monoisotopic (exact) mass is 490 g/mol. The standard InChI is InChI=1S/C33H63P/c1-4-6-8-10-12-16-22-29(23-17-13-11-9-7-5-2)32(34)28-33(3,30-24-18-14-19-25-30)31-26-20-15-21-27-31/h30-31H,4-28,34H2,1-3H3. The molecular weight excluding hydrogens is 427 g/mol. The maximum absolute atomic E-state index is 3.33. The van der Waals surface area contributed by atoms with Crippen LogP contribution in [0.2, 0.25) is 0 Å². The molecule has 0 saturated heterocycles. The Morgan fingerprint density at radius 1 is 0.588 bits per heavy atom. The Hall–Kier alpha value is 0.170. The van der Waals surface area contributed by atoms with Gasteiger partial charge in [0.15, 0.2) is 0 Å². The highest BCUT2D eigenvalue weighted by molar-refractivity contribution is 7.22. The molecule has 0 heterocycles. The van der Waals surface area contributed by atoms with Crippen molar-refractivity contribution in [1.82, 2.24) is 0 Å². The van der Waals surface area contributed by atoms with Crippen molar-refractivity contribution in [1.29, 1.82) is 0 Å². The molecule has 0 N–H and O–H groups in total. The van der Waals surface area contributed by atoms with Gasteiger partial charge in [-0.15, -0.1) is 9.24 Å². The summed E-state index contributed by atoms with van der Waals surface area (Å²) in [4.78, 5) is 0. The third-order valence-electron chi connectivity index (χ3n) is 9.77. The van der Waals surface area contributed by atoms with E-state index in [0.29, 0.717) is 5.41 Å². The average Bonchev–Trinajstić information content (AvgIpc) is 2.87. The van der Waals surface area contributed by atoms with Crippen LogP contribution in [0.3, 0.4) is 0 Å². The van der Waals surface area contributed by atoms with Crippen molar-refractivity contribution in [3.63, 3.8) is 0 Å². The molecule has 2 aliphatic rings. The van der Waals surface area contributed by atoms with Crippen LogP contribution >= 0.6 is 9.24 Å². The first-order valence-electron chi connectivity index (χ1n) is 16.1. The summed E-state index contributed by atoms with van der Waals surface area (Å²) in [6.07, 6.45) is 36.2. The number of hydrogen-bond donors (Lipinski definition) is 0. The SMILES string of the molecule is CCCCCCCCC(CCCCCCCC)=C(P)CC(C)(C1CCCCC1)C1CCCCC1. The lowest BCUT2D eigenvalue weighted by atomic mass is 9.58. The zero-order valence-corrected chi connectivity index (χ0v) is 25.1. The van der Waals surface area contributed by atoms with Gasteiger partial charge in [0.05, 0.1) is 0 Å². The highest BCUT2D eigenvalue weighted by atomic mass is 31.0. The minimum Gasteiger partial charge on any atom is -0.110 e. The first-order chi connectivity index (χ1) is 16.6. The van der Waals surface area contributed by atoms with Gasteiger partial charge in [0, 0.05) is 0 Å². The molecule has 2 rings (SSSR count). The van der Waals surface area contributed by atoms with Crippen LogP contribution in [0.5, 0.6) is 0 Å². The van der Waals surface area contributed by atoms with Gasteiger partial charge in [0.25, 0.3) is 0 Å². The van der Waals surface area contributed by atoms with E-state index in [1.165, 1.54) is 161 Å². The van der Waals surface area contributed by atoms with Gasteiger partial charge in [-0.25, -0.2) is 0 Å². The second-order valence-electron chi connectivity index (χ2n) is 12.5. The molecule has 1 heteroatoms. The minimum absolute atomic E-state index is 0.547. The summed E-state index contributed by atoms with van der Waals surface area (Å²) in [5.74, 6) is 1.95. The highest BCUT2D eigenvalue weighted by Gasteiger charge is 2.42. The number of unbranched alkanes of at least 4 members (excludes halogenated alkanes) is 10. The van der Waals surface area contributed by atoms with E-state index in [4.69, 9.17) is 0 Å². The third-order valence-corrected chi connectivity index (χ3v) is 10.4. The van der Waals surface area contributed by atoms with E-state index in [9.17, 15) is 0 Å². The Morgan fingerprint density at radius 3 is 1.38 bits per heavy atom. The molecule has 2 saturated carbocycles. The molecule has 0 aliphatic heterocycles. The van der Waals surface area contributed by atoms with E-state index < -0.39 is 0 Å². The highest BCUT2D eigenvalue weighted by Crippen LogP contribution is 2.53. The minimum atomic E-state index is 0.547. The molecule has 0 amide bonds. The zero-order chi connectivity index (χ0) is 24.5. The van der Waals surface area contributed by atoms with Gasteiger partial charge in [0.2, 0.25) is 0 Å². The molecule has 34 heavy (non-hydrogen) atoms. The predicted octanol–water partition coefficient (Wildman–Crippen LogP) is 12.2. The topological polar surface area (TPSA) is 0 Å². The maximum Gasteiger partial charge on any atom is -0.0221 e. The Labute approximate surface area is 218 Å². The first kappa shape index (κ1) is 30.4. The summed E-state index contributed by atoms with van der Waals surface area (Å²) < 4.78 is 0. The molecule has 2 fully saturated rings. The molecule has 1 atom stereocenters. The summed E-state index contributed by atoms with van der Waals surface area (Å²) in [5.41, 5.74) is 2.40. The Balaban J connectivity index is 2.05. The molecule has 0 radical (unpaired) electrons. The van der Waals surface area contributed by atoms with Crippen LogP contribution in [-0.4, -0.2) is 0 Å². The fraction of sp³-hybridized carbons (Fsp3) is 0.939. The van der Waals surface area contributed by atoms with Gasteiger partial charge < -0.3 is 0 Å². The molecule has 2 aliphatic carbocycles. The quantitative estimate of drug-likeness (QED) is 0.132. The lowest BCUT2D eigenvalue weighted by Gasteiger charge is -2.48. The largest absolute Gasteiger partial charge is 0.110 e. The smallest absolute Gasteiger partial charge is 0.0221 e. The van der Waals surface area contributed by atoms with Crippen LogP contribution in [0.1, 0.15) is 181 Å². The van der Waals surface area contributed by atoms with Gasteiger partial charge >= 0.3 is 0 Å². The molecule has 0 aromatic heterocycles. The summed E-state index contributed by atoms with van der Waals surface area (Å²) in [6.45, 7) is 7.41. The molecule has 0 bridgehead atoms. The van der Waals surface area contributed by atoms with Crippen LogP contribution in [0, 0.1) is 17.3 Å². The van der Waals surface area contributed by atoms with Crippen LogP contribution in [0.25, 0.3) is 0 Å². The van der Waals surface area contributed by atoms with Gasteiger partial charge in [-0.3, -0.25) is 0 Å². The second-order valence-corrected chi connectivity index (χ2v) is 13.2. The molecule has 200 valence electrons. The lowest BCUT2D eigenvalue weighted by Crippen LogP contribution is -2.38. The number of rotatable bonds is 18. The fourth-order valence-corrected chi connectivity index (χ4v) is 8.09. The van der Waals surface area contributed by atoms with E-state index >= 15 is 0 Å². The Bertz CT molecular complexity index is 485. The molecule has 0 spiro atoms.